The van der Waals surface area contributed by atoms with E-state index in [1.165, 1.54) is 0 Å². The molecule has 0 unspecified atom stereocenters. The van der Waals surface area contributed by atoms with Crippen LogP contribution in [0.25, 0.3) is 22.2 Å². The fourth-order valence-electron chi connectivity index (χ4n) is 3.62. The summed E-state index contributed by atoms with van der Waals surface area (Å²) in [6, 6.07) is 10.5. The Morgan fingerprint density at radius 3 is 2.58 bits per heavy atom. The summed E-state index contributed by atoms with van der Waals surface area (Å²) in [5.74, 6) is 0. The normalized spacial score (nSPS) is 14.8. The summed E-state index contributed by atoms with van der Waals surface area (Å²) in [5.41, 5.74) is 2.15. The van der Waals surface area contributed by atoms with E-state index in [0.717, 1.165) is 25.2 Å². The van der Waals surface area contributed by atoms with Gasteiger partial charge in [0, 0.05) is 17.5 Å². The van der Waals surface area contributed by atoms with Crippen molar-refractivity contribution >= 4 is 32.3 Å². The Morgan fingerprint density at radius 2 is 1.85 bits per heavy atom. The van der Waals surface area contributed by atoms with E-state index in [9.17, 15) is 8.42 Å². The molecule has 1 aromatic heterocycles. The van der Waals surface area contributed by atoms with Gasteiger partial charge in [0.05, 0.1) is 22.0 Å². The lowest BCUT2D eigenvalue weighted by molar-refractivity contribution is 0.287. The van der Waals surface area contributed by atoms with Gasteiger partial charge in [-0.1, -0.05) is 43.6 Å². The first-order valence-electron chi connectivity index (χ1n) is 8.74. The fraction of sp³-hybridized carbons (Fsp3) is 0.316. The van der Waals surface area contributed by atoms with E-state index in [-0.39, 0.29) is 14.8 Å². The second-order valence-corrected chi connectivity index (χ2v) is 8.63. The Labute approximate surface area is 158 Å². The van der Waals surface area contributed by atoms with Crippen molar-refractivity contribution < 1.29 is 8.42 Å². The van der Waals surface area contributed by atoms with Crippen LogP contribution >= 0.6 is 11.6 Å². The molecule has 0 aliphatic carbocycles. The lowest BCUT2D eigenvalue weighted by Crippen LogP contribution is -2.27. The van der Waals surface area contributed by atoms with Gasteiger partial charge in [0.1, 0.15) is 10.6 Å². The van der Waals surface area contributed by atoms with Gasteiger partial charge in [0.25, 0.3) is 0 Å². The van der Waals surface area contributed by atoms with Gasteiger partial charge in [-0.2, -0.15) is 5.10 Å². The number of aromatic nitrogens is 2. The number of rotatable bonds is 5. The summed E-state index contributed by atoms with van der Waals surface area (Å²) in [7, 11) is -3.66. The predicted molar refractivity (Wildman–Crippen MR) is 103 cm³/mol. The summed E-state index contributed by atoms with van der Waals surface area (Å²) >= 11 is 6.32. The Kier molecular flexibility index (Phi) is 4.29. The smallest absolute Gasteiger partial charge is 0.209 e. The maximum Gasteiger partial charge on any atom is 0.209 e. The molecule has 1 aliphatic heterocycles. The van der Waals surface area contributed by atoms with Crippen molar-refractivity contribution in [2.45, 2.75) is 30.2 Å². The first kappa shape index (κ1) is 17.5. The van der Waals surface area contributed by atoms with Gasteiger partial charge < -0.3 is 4.90 Å². The quantitative estimate of drug-likeness (QED) is 0.520. The summed E-state index contributed by atoms with van der Waals surface area (Å²) in [6.07, 6.45) is 0. The van der Waals surface area contributed by atoms with E-state index in [2.05, 4.69) is 18.7 Å². The lowest BCUT2D eigenvalue weighted by atomic mass is 10.1. The average Bonchev–Trinajstić information content (AvgIpc) is 3.00. The molecule has 4 rings (SSSR count). The second-order valence-electron chi connectivity index (χ2n) is 6.37. The third kappa shape index (κ3) is 2.47. The van der Waals surface area contributed by atoms with Crippen molar-refractivity contribution in [1.82, 2.24) is 14.7 Å². The molecule has 0 amide bonds. The predicted octanol–water partition coefficient (Wildman–Crippen LogP) is 3.84. The summed E-state index contributed by atoms with van der Waals surface area (Å²) in [5, 5.41) is 5.66. The number of hydrogen-bond acceptors (Lipinski definition) is 4. The van der Waals surface area contributed by atoms with Crippen molar-refractivity contribution in [3.63, 3.8) is 0 Å². The molecule has 1 aliphatic rings. The number of benzene rings is 2. The van der Waals surface area contributed by atoms with Gasteiger partial charge in [-0.3, -0.25) is 4.68 Å². The van der Waals surface area contributed by atoms with E-state index in [0.29, 0.717) is 23.2 Å². The highest BCUT2D eigenvalue weighted by molar-refractivity contribution is 7.92. The highest BCUT2D eigenvalue weighted by Gasteiger charge is 2.35. The molecule has 3 aromatic rings. The average molecular weight is 390 g/mol. The molecule has 0 radical (unpaired) electrons. The SMILES string of the molecule is CCN(CC)CCn1nc2c3c(c(Cl)ccc31)S(=O)(=O)c1ccccc1-2. The molecule has 2 heterocycles. The van der Waals surface area contributed by atoms with Crippen molar-refractivity contribution in [3.05, 3.63) is 41.4 Å². The third-order valence-electron chi connectivity index (χ3n) is 5.05. The van der Waals surface area contributed by atoms with Crippen molar-refractivity contribution in [2.24, 2.45) is 0 Å². The summed E-state index contributed by atoms with van der Waals surface area (Å²) in [6.45, 7) is 7.75. The molecule has 5 nitrogen and oxygen atoms in total. The zero-order valence-corrected chi connectivity index (χ0v) is 16.3. The lowest BCUT2D eigenvalue weighted by Gasteiger charge is -2.18. The number of sulfone groups is 1. The third-order valence-corrected chi connectivity index (χ3v) is 7.37. The van der Waals surface area contributed by atoms with E-state index >= 15 is 0 Å². The van der Waals surface area contributed by atoms with Crippen molar-refractivity contribution in [3.8, 4) is 11.3 Å². The van der Waals surface area contributed by atoms with E-state index in [4.69, 9.17) is 16.7 Å². The number of halogens is 1. The molecular formula is C19H20ClN3O2S. The molecule has 0 spiro atoms. The van der Waals surface area contributed by atoms with Gasteiger partial charge in [-0.15, -0.1) is 0 Å². The van der Waals surface area contributed by atoms with Crippen molar-refractivity contribution in [1.29, 1.82) is 0 Å². The van der Waals surface area contributed by atoms with Gasteiger partial charge >= 0.3 is 0 Å². The monoisotopic (exact) mass is 389 g/mol. The minimum atomic E-state index is -3.66. The summed E-state index contributed by atoms with van der Waals surface area (Å²) < 4.78 is 28.2. The first-order chi connectivity index (χ1) is 12.5. The number of fused-ring (bicyclic) bond motifs is 2. The highest BCUT2D eigenvalue weighted by atomic mass is 35.5. The van der Waals surface area contributed by atoms with Crippen LogP contribution in [0.5, 0.6) is 0 Å². The van der Waals surface area contributed by atoms with Crippen LogP contribution in [0, 0.1) is 0 Å². The van der Waals surface area contributed by atoms with E-state index in [1.807, 2.05) is 22.9 Å². The fourth-order valence-corrected chi connectivity index (χ4v) is 5.81. The highest BCUT2D eigenvalue weighted by Crippen LogP contribution is 2.46. The minimum absolute atomic E-state index is 0.180. The zero-order chi connectivity index (χ0) is 18.5. The molecule has 0 bridgehead atoms. The van der Waals surface area contributed by atoms with E-state index in [1.54, 1.807) is 18.2 Å². The molecule has 0 fully saturated rings. The Morgan fingerprint density at radius 1 is 1.12 bits per heavy atom. The van der Waals surface area contributed by atoms with Gasteiger partial charge in [0.15, 0.2) is 0 Å². The molecule has 0 N–H and O–H groups in total. The van der Waals surface area contributed by atoms with Gasteiger partial charge in [-0.05, 0) is 31.3 Å². The number of likely N-dealkylation sites (N-methyl/N-ethyl adjacent to an activating group) is 1. The maximum atomic E-state index is 13.1. The van der Waals surface area contributed by atoms with Crippen LogP contribution in [0.1, 0.15) is 13.8 Å². The standard InChI is InChI=1S/C19H20ClN3O2S/c1-3-22(4-2)11-12-23-15-10-9-14(20)19-17(15)18(21-23)13-7-5-6-8-16(13)26(19,24)25/h5-10H,3-4,11-12H2,1-2H3. The number of nitrogens with zero attached hydrogens (tertiary/aromatic N) is 3. The minimum Gasteiger partial charge on any atom is -0.302 e. The molecule has 0 atom stereocenters. The Hall–Kier alpha value is -1.89. The summed E-state index contributed by atoms with van der Waals surface area (Å²) in [4.78, 5) is 2.77. The molecule has 136 valence electrons. The van der Waals surface area contributed by atoms with Crippen LogP contribution in [0.4, 0.5) is 0 Å². The number of hydrogen-bond donors (Lipinski definition) is 0. The van der Waals surface area contributed by atoms with Crippen LogP contribution in [-0.4, -0.2) is 42.7 Å². The molecule has 2 aromatic carbocycles. The molecule has 26 heavy (non-hydrogen) atoms. The molecular weight excluding hydrogens is 370 g/mol. The van der Waals surface area contributed by atoms with Crippen molar-refractivity contribution in [2.75, 3.05) is 19.6 Å². The topological polar surface area (TPSA) is 55.2 Å². The Bertz CT molecular complexity index is 1100. The van der Waals surface area contributed by atoms with Crippen LogP contribution in [0.2, 0.25) is 5.02 Å². The Balaban J connectivity index is 1.97. The van der Waals surface area contributed by atoms with Gasteiger partial charge in [0.2, 0.25) is 9.84 Å². The van der Waals surface area contributed by atoms with Gasteiger partial charge in [-0.25, -0.2) is 8.42 Å². The van der Waals surface area contributed by atoms with Crippen LogP contribution in [-0.2, 0) is 16.4 Å². The second kappa shape index (κ2) is 6.37. The first-order valence-corrected chi connectivity index (χ1v) is 10.6. The molecule has 0 saturated carbocycles. The van der Waals surface area contributed by atoms with Crippen LogP contribution < -0.4 is 0 Å². The maximum absolute atomic E-state index is 13.1. The van der Waals surface area contributed by atoms with Crippen LogP contribution in [0.3, 0.4) is 0 Å². The molecule has 0 saturated heterocycles. The van der Waals surface area contributed by atoms with E-state index < -0.39 is 9.84 Å². The molecule has 7 heteroatoms. The van der Waals surface area contributed by atoms with Crippen LogP contribution in [0.15, 0.2) is 46.2 Å². The largest absolute Gasteiger partial charge is 0.302 e. The zero-order valence-electron chi connectivity index (χ0n) is 14.7.